The molecule has 0 heterocycles. The van der Waals surface area contributed by atoms with Crippen molar-refractivity contribution in [1.82, 2.24) is 0 Å². The van der Waals surface area contributed by atoms with E-state index in [0.29, 0.717) is 5.92 Å². The highest BCUT2D eigenvalue weighted by Crippen LogP contribution is 2.43. The van der Waals surface area contributed by atoms with Gasteiger partial charge in [0.15, 0.2) is 0 Å². The molecule has 0 amide bonds. The first-order valence-corrected chi connectivity index (χ1v) is 6.41. The fraction of sp³-hybridized carbons (Fsp3) is 0.571. The van der Waals surface area contributed by atoms with Crippen molar-refractivity contribution >= 4 is 11.6 Å². The molecule has 1 aromatic carbocycles. The number of aryl methyl sites for hydroxylation is 1. The number of halogens is 1. The molecule has 1 atom stereocenters. The third-order valence-corrected chi connectivity index (χ3v) is 4.13. The first-order chi connectivity index (χ1) is 7.54. The molecule has 0 radical (unpaired) electrons. The standard InChI is InChI=1S/C14H20ClN/c1-14(2,9-16)13-5-3-4-10-6-7-11(15)8-12(10)13/h6-8,13H,3-5,9,16H2,1-2H3. The summed E-state index contributed by atoms with van der Waals surface area (Å²) < 4.78 is 0. The molecule has 0 spiro atoms. The largest absolute Gasteiger partial charge is 0.330 e. The number of nitrogens with two attached hydrogens (primary N) is 1. The number of rotatable bonds is 2. The molecular weight excluding hydrogens is 218 g/mol. The molecule has 88 valence electrons. The van der Waals surface area contributed by atoms with E-state index in [9.17, 15) is 0 Å². The van der Waals surface area contributed by atoms with Crippen LogP contribution in [0, 0.1) is 5.41 Å². The Hall–Kier alpha value is -0.530. The molecule has 1 aliphatic carbocycles. The van der Waals surface area contributed by atoms with Crippen molar-refractivity contribution in [2.24, 2.45) is 11.1 Å². The van der Waals surface area contributed by atoms with E-state index in [2.05, 4.69) is 26.0 Å². The molecule has 0 aliphatic heterocycles. The van der Waals surface area contributed by atoms with E-state index in [-0.39, 0.29) is 5.41 Å². The number of hydrogen-bond donors (Lipinski definition) is 1. The molecule has 1 nitrogen and oxygen atoms in total. The Morgan fingerprint density at radius 1 is 1.44 bits per heavy atom. The van der Waals surface area contributed by atoms with Gasteiger partial charge in [-0.3, -0.25) is 0 Å². The minimum atomic E-state index is 0.167. The lowest BCUT2D eigenvalue weighted by Crippen LogP contribution is -2.32. The second-order valence-corrected chi connectivity index (χ2v) is 5.92. The van der Waals surface area contributed by atoms with Gasteiger partial charge in [0.2, 0.25) is 0 Å². The predicted molar refractivity (Wildman–Crippen MR) is 70.0 cm³/mol. The van der Waals surface area contributed by atoms with Crippen LogP contribution >= 0.6 is 11.6 Å². The van der Waals surface area contributed by atoms with Gasteiger partial charge >= 0.3 is 0 Å². The lowest BCUT2D eigenvalue weighted by atomic mass is 9.68. The van der Waals surface area contributed by atoms with E-state index >= 15 is 0 Å². The Morgan fingerprint density at radius 2 is 2.19 bits per heavy atom. The number of hydrogen-bond acceptors (Lipinski definition) is 1. The van der Waals surface area contributed by atoms with Crippen molar-refractivity contribution in [2.45, 2.75) is 39.0 Å². The van der Waals surface area contributed by atoms with Crippen molar-refractivity contribution in [2.75, 3.05) is 6.54 Å². The summed E-state index contributed by atoms with van der Waals surface area (Å²) in [7, 11) is 0. The van der Waals surface area contributed by atoms with Crippen LogP contribution < -0.4 is 5.73 Å². The lowest BCUT2D eigenvalue weighted by Gasteiger charge is -2.37. The van der Waals surface area contributed by atoms with Crippen LogP contribution in [0.2, 0.25) is 5.02 Å². The summed E-state index contributed by atoms with van der Waals surface area (Å²) in [6.07, 6.45) is 3.68. The maximum atomic E-state index is 6.10. The Kier molecular flexibility index (Phi) is 3.27. The Balaban J connectivity index is 2.43. The Labute approximate surface area is 103 Å². The second kappa shape index (κ2) is 4.38. The summed E-state index contributed by atoms with van der Waals surface area (Å²) in [6.45, 7) is 5.24. The average molecular weight is 238 g/mol. The van der Waals surface area contributed by atoms with Gasteiger partial charge in [-0.05, 0) is 60.4 Å². The zero-order chi connectivity index (χ0) is 11.8. The Bertz CT molecular complexity index is 384. The van der Waals surface area contributed by atoms with Crippen LogP contribution in [-0.2, 0) is 6.42 Å². The summed E-state index contributed by atoms with van der Waals surface area (Å²) in [5.74, 6) is 0.556. The molecule has 0 saturated carbocycles. The van der Waals surface area contributed by atoms with Gasteiger partial charge in [-0.2, -0.15) is 0 Å². The predicted octanol–water partition coefficient (Wildman–Crippen LogP) is 3.74. The fourth-order valence-corrected chi connectivity index (χ4v) is 2.90. The molecule has 0 bridgehead atoms. The molecule has 1 unspecified atom stereocenters. The van der Waals surface area contributed by atoms with Crippen molar-refractivity contribution in [3.8, 4) is 0 Å². The first kappa shape index (κ1) is 11.9. The van der Waals surface area contributed by atoms with Crippen LogP contribution in [0.15, 0.2) is 18.2 Å². The monoisotopic (exact) mass is 237 g/mol. The maximum absolute atomic E-state index is 6.10. The van der Waals surface area contributed by atoms with Crippen molar-refractivity contribution in [1.29, 1.82) is 0 Å². The van der Waals surface area contributed by atoms with Gasteiger partial charge in [0.1, 0.15) is 0 Å². The smallest absolute Gasteiger partial charge is 0.0409 e. The zero-order valence-electron chi connectivity index (χ0n) is 10.1. The van der Waals surface area contributed by atoms with E-state index < -0.39 is 0 Å². The van der Waals surface area contributed by atoms with Crippen LogP contribution in [0.5, 0.6) is 0 Å². The van der Waals surface area contributed by atoms with Gasteiger partial charge < -0.3 is 5.73 Å². The van der Waals surface area contributed by atoms with E-state index in [1.54, 1.807) is 0 Å². The van der Waals surface area contributed by atoms with Crippen LogP contribution in [0.3, 0.4) is 0 Å². The highest BCUT2D eigenvalue weighted by molar-refractivity contribution is 6.30. The van der Waals surface area contributed by atoms with Crippen LogP contribution in [0.1, 0.15) is 43.7 Å². The third-order valence-electron chi connectivity index (χ3n) is 3.89. The van der Waals surface area contributed by atoms with Crippen LogP contribution in [0.4, 0.5) is 0 Å². The topological polar surface area (TPSA) is 26.0 Å². The minimum absolute atomic E-state index is 0.167. The summed E-state index contributed by atoms with van der Waals surface area (Å²) in [6, 6.07) is 6.31. The van der Waals surface area contributed by atoms with Crippen molar-refractivity contribution in [3.05, 3.63) is 34.3 Å². The van der Waals surface area contributed by atoms with Gasteiger partial charge in [0, 0.05) is 5.02 Å². The van der Waals surface area contributed by atoms with Crippen LogP contribution in [0.25, 0.3) is 0 Å². The van der Waals surface area contributed by atoms with Gasteiger partial charge in [-0.15, -0.1) is 0 Å². The van der Waals surface area contributed by atoms with Gasteiger partial charge in [-0.1, -0.05) is 31.5 Å². The van der Waals surface area contributed by atoms with Gasteiger partial charge in [0.05, 0.1) is 0 Å². The van der Waals surface area contributed by atoms with E-state index in [1.165, 1.54) is 30.4 Å². The minimum Gasteiger partial charge on any atom is -0.330 e. The van der Waals surface area contributed by atoms with E-state index in [4.69, 9.17) is 17.3 Å². The molecule has 0 saturated heterocycles. The van der Waals surface area contributed by atoms with Gasteiger partial charge in [-0.25, -0.2) is 0 Å². The van der Waals surface area contributed by atoms with Crippen molar-refractivity contribution in [3.63, 3.8) is 0 Å². The SMILES string of the molecule is CC(C)(CN)C1CCCc2ccc(Cl)cc21. The highest BCUT2D eigenvalue weighted by Gasteiger charge is 2.32. The maximum Gasteiger partial charge on any atom is 0.0409 e. The molecule has 0 aromatic heterocycles. The summed E-state index contributed by atoms with van der Waals surface area (Å²) >= 11 is 6.10. The molecule has 2 N–H and O–H groups in total. The molecule has 1 aliphatic rings. The lowest BCUT2D eigenvalue weighted by molar-refractivity contribution is 0.269. The molecular formula is C14H20ClN. The molecule has 16 heavy (non-hydrogen) atoms. The number of fused-ring (bicyclic) bond motifs is 1. The van der Waals surface area contributed by atoms with E-state index in [1.807, 2.05) is 6.07 Å². The first-order valence-electron chi connectivity index (χ1n) is 6.03. The molecule has 0 fully saturated rings. The quantitative estimate of drug-likeness (QED) is 0.833. The normalized spacial score (nSPS) is 20.6. The second-order valence-electron chi connectivity index (χ2n) is 5.48. The van der Waals surface area contributed by atoms with E-state index in [0.717, 1.165) is 11.6 Å². The van der Waals surface area contributed by atoms with Crippen molar-refractivity contribution < 1.29 is 0 Å². The summed E-state index contributed by atoms with van der Waals surface area (Å²) in [4.78, 5) is 0. The van der Waals surface area contributed by atoms with Crippen LogP contribution in [-0.4, -0.2) is 6.54 Å². The van der Waals surface area contributed by atoms with Gasteiger partial charge in [0.25, 0.3) is 0 Å². The third kappa shape index (κ3) is 2.11. The average Bonchev–Trinajstić information content (AvgIpc) is 2.28. The summed E-state index contributed by atoms with van der Waals surface area (Å²) in [5, 5.41) is 0.846. The fourth-order valence-electron chi connectivity index (χ4n) is 2.72. The molecule has 1 aromatic rings. The Morgan fingerprint density at radius 3 is 2.88 bits per heavy atom. The summed E-state index contributed by atoms with van der Waals surface area (Å²) in [5.41, 5.74) is 8.95. The highest BCUT2D eigenvalue weighted by atomic mass is 35.5. The molecule has 2 heteroatoms. The molecule has 2 rings (SSSR count). The zero-order valence-corrected chi connectivity index (χ0v) is 10.8. The number of benzene rings is 1.